The Hall–Kier alpha value is -3.83. The fourth-order valence-corrected chi connectivity index (χ4v) is 5.64. The molecule has 0 saturated carbocycles. The minimum atomic E-state index is -1.58. The molecule has 1 aromatic carbocycles. The molecular formula is C28H31F3N4O5. The zero-order chi connectivity index (χ0) is 28.8. The van der Waals surface area contributed by atoms with E-state index in [1.54, 1.807) is 4.90 Å². The fraction of sp³-hybridized carbons (Fsp3) is 0.500. The summed E-state index contributed by atoms with van der Waals surface area (Å²) in [6.07, 6.45) is 1.67. The van der Waals surface area contributed by atoms with Gasteiger partial charge in [-0.05, 0) is 39.2 Å². The van der Waals surface area contributed by atoms with Crippen molar-refractivity contribution in [1.82, 2.24) is 14.8 Å². The maximum absolute atomic E-state index is 15.8. The largest absolute Gasteiger partial charge is 0.487 e. The standard InChI is InChI=1S/C28H31F3N4O5/c1-4-5-10-39-24-22-27(38)34-14-21(28(9-8-15(34)2)25(31)16(3)33-40-28)35(22)13-19(23(24)36)26(37)32-12-17-6-7-18(29)11-20(17)30/h6-7,11,13,15,21,25H,4-5,8-10,12,14H2,1-3H3,(H,32,37)/t15-,21+,25?,28+/m0/s1. The molecule has 1 unspecified atom stereocenters. The van der Waals surface area contributed by atoms with Gasteiger partial charge in [-0.25, -0.2) is 13.2 Å². The predicted molar refractivity (Wildman–Crippen MR) is 139 cm³/mol. The summed E-state index contributed by atoms with van der Waals surface area (Å²) in [5, 5.41) is 6.41. The number of pyridine rings is 1. The van der Waals surface area contributed by atoms with Crippen molar-refractivity contribution in [2.24, 2.45) is 5.16 Å². The number of nitrogens with zero attached hydrogens (tertiary/aromatic N) is 3. The Morgan fingerprint density at radius 3 is 2.75 bits per heavy atom. The number of nitrogens with one attached hydrogen (secondary N) is 1. The van der Waals surface area contributed by atoms with Crippen molar-refractivity contribution in [3.05, 3.63) is 63.1 Å². The molecule has 1 spiro atoms. The number of fused-ring (bicyclic) bond motifs is 5. The Kier molecular flexibility index (Phi) is 7.36. The molecule has 2 aromatic rings. The number of hydrogen-bond acceptors (Lipinski definition) is 6. The third-order valence-corrected chi connectivity index (χ3v) is 8.01. The molecule has 4 heterocycles. The van der Waals surface area contributed by atoms with E-state index in [4.69, 9.17) is 9.57 Å². The number of carbonyl (C=O) groups is 2. The number of carbonyl (C=O) groups excluding carboxylic acids is 2. The molecule has 5 rings (SSSR count). The maximum atomic E-state index is 15.8. The molecule has 214 valence electrons. The number of ether oxygens (including phenoxy) is 1. The van der Waals surface area contributed by atoms with Crippen LogP contribution in [0.2, 0.25) is 0 Å². The number of amides is 2. The average molecular weight is 561 g/mol. The van der Waals surface area contributed by atoms with Crippen molar-refractivity contribution in [3.8, 4) is 5.75 Å². The van der Waals surface area contributed by atoms with Gasteiger partial charge in [0.25, 0.3) is 11.8 Å². The monoisotopic (exact) mass is 560 g/mol. The van der Waals surface area contributed by atoms with Gasteiger partial charge in [0.1, 0.15) is 17.2 Å². The van der Waals surface area contributed by atoms with Crippen LogP contribution in [0.3, 0.4) is 0 Å². The molecule has 9 nitrogen and oxygen atoms in total. The molecular weight excluding hydrogens is 529 g/mol. The minimum Gasteiger partial charge on any atom is -0.487 e. The summed E-state index contributed by atoms with van der Waals surface area (Å²) in [4.78, 5) is 48.0. The normalized spacial score (nSPS) is 25.2. The van der Waals surface area contributed by atoms with Gasteiger partial charge in [-0.2, -0.15) is 0 Å². The molecule has 2 amide bonds. The van der Waals surface area contributed by atoms with Crippen LogP contribution in [-0.4, -0.2) is 58.0 Å². The number of halogens is 3. The van der Waals surface area contributed by atoms with Crippen LogP contribution < -0.4 is 15.5 Å². The molecule has 1 aromatic heterocycles. The lowest BCUT2D eigenvalue weighted by Gasteiger charge is -2.42. The van der Waals surface area contributed by atoms with Crippen LogP contribution in [-0.2, 0) is 11.4 Å². The van der Waals surface area contributed by atoms with Crippen LogP contribution in [0, 0.1) is 11.6 Å². The molecule has 3 aliphatic heterocycles. The third-order valence-electron chi connectivity index (χ3n) is 8.01. The van der Waals surface area contributed by atoms with E-state index in [1.807, 2.05) is 13.8 Å². The molecule has 0 radical (unpaired) electrons. The number of alkyl halides is 1. The first kappa shape index (κ1) is 27.7. The van der Waals surface area contributed by atoms with Gasteiger partial charge >= 0.3 is 0 Å². The van der Waals surface area contributed by atoms with Crippen molar-refractivity contribution in [1.29, 1.82) is 0 Å². The summed E-state index contributed by atoms with van der Waals surface area (Å²) in [7, 11) is 0. The number of aromatic nitrogens is 1. The molecule has 1 saturated heterocycles. The molecule has 3 aliphatic rings. The lowest BCUT2D eigenvalue weighted by molar-refractivity contribution is -0.0956. The van der Waals surface area contributed by atoms with Gasteiger partial charge in [0.05, 0.1) is 18.4 Å². The quantitative estimate of drug-likeness (QED) is 0.518. The predicted octanol–water partition coefficient (Wildman–Crippen LogP) is 3.90. The van der Waals surface area contributed by atoms with Gasteiger partial charge in [-0.1, -0.05) is 24.6 Å². The number of oxime groups is 1. The van der Waals surface area contributed by atoms with Gasteiger partial charge < -0.3 is 24.4 Å². The zero-order valence-corrected chi connectivity index (χ0v) is 22.5. The van der Waals surface area contributed by atoms with E-state index in [0.717, 1.165) is 12.5 Å². The lowest BCUT2D eigenvalue weighted by Crippen LogP contribution is -2.55. The van der Waals surface area contributed by atoms with Crippen LogP contribution in [0.1, 0.15) is 78.9 Å². The summed E-state index contributed by atoms with van der Waals surface area (Å²) >= 11 is 0. The van der Waals surface area contributed by atoms with Crippen LogP contribution in [0.5, 0.6) is 5.75 Å². The van der Waals surface area contributed by atoms with Crippen LogP contribution >= 0.6 is 0 Å². The Bertz CT molecular complexity index is 1440. The van der Waals surface area contributed by atoms with E-state index in [1.165, 1.54) is 23.8 Å². The fourth-order valence-electron chi connectivity index (χ4n) is 5.64. The Morgan fingerprint density at radius 2 is 2.08 bits per heavy atom. The molecule has 1 N–H and O–H groups in total. The second-order valence-corrected chi connectivity index (χ2v) is 10.6. The maximum Gasteiger partial charge on any atom is 0.274 e. The Morgan fingerprint density at radius 1 is 1.30 bits per heavy atom. The zero-order valence-electron chi connectivity index (χ0n) is 22.5. The van der Waals surface area contributed by atoms with E-state index < -0.39 is 46.7 Å². The smallest absolute Gasteiger partial charge is 0.274 e. The van der Waals surface area contributed by atoms with Gasteiger partial charge in [0.2, 0.25) is 5.43 Å². The highest BCUT2D eigenvalue weighted by Crippen LogP contribution is 2.47. The van der Waals surface area contributed by atoms with Crippen molar-refractivity contribution < 1.29 is 32.3 Å². The first-order valence-electron chi connectivity index (χ1n) is 13.4. The minimum absolute atomic E-state index is 0.0158. The van der Waals surface area contributed by atoms with Crippen LogP contribution in [0.25, 0.3) is 0 Å². The first-order chi connectivity index (χ1) is 19.1. The molecule has 4 atom stereocenters. The third kappa shape index (κ3) is 4.52. The summed E-state index contributed by atoms with van der Waals surface area (Å²) < 4.78 is 50.5. The Balaban J connectivity index is 1.61. The van der Waals surface area contributed by atoms with E-state index in [2.05, 4.69) is 10.5 Å². The van der Waals surface area contributed by atoms with Crippen molar-refractivity contribution in [2.75, 3.05) is 13.2 Å². The van der Waals surface area contributed by atoms with Crippen LogP contribution in [0.4, 0.5) is 13.2 Å². The highest BCUT2D eigenvalue weighted by Gasteiger charge is 2.59. The topological polar surface area (TPSA) is 102 Å². The molecule has 0 aliphatic carbocycles. The number of hydrogen-bond donors (Lipinski definition) is 1. The highest BCUT2D eigenvalue weighted by atomic mass is 19.1. The molecule has 12 heteroatoms. The number of rotatable bonds is 7. The van der Waals surface area contributed by atoms with Gasteiger partial charge in [-0.15, -0.1) is 0 Å². The second-order valence-electron chi connectivity index (χ2n) is 10.6. The van der Waals surface area contributed by atoms with Gasteiger partial charge in [0.15, 0.2) is 23.2 Å². The van der Waals surface area contributed by atoms with Crippen molar-refractivity contribution >= 4 is 17.5 Å². The van der Waals surface area contributed by atoms with Gasteiger partial charge in [-0.3, -0.25) is 14.4 Å². The number of benzene rings is 1. The lowest BCUT2D eigenvalue weighted by atomic mass is 9.82. The van der Waals surface area contributed by atoms with Crippen LogP contribution in [0.15, 0.2) is 34.3 Å². The van der Waals surface area contributed by atoms with E-state index in [9.17, 15) is 23.2 Å². The summed E-state index contributed by atoms with van der Waals surface area (Å²) in [6, 6.07) is 1.84. The SMILES string of the molecule is CCCCOc1c2n(cc(C(=O)NCc3ccc(F)cc3F)c1=O)[C@@H]1CN(C2=O)[C@@H](C)CC[C@@]12ON=C(C)C2F. The van der Waals surface area contributed by atoms with Crippen molar-refractivity contribution in [3.63, 3.8) is 0 Å². The van der Waals surface area contributed by atoms with E-state index >= 15 is 4.39 Å². The summed E-state index contributed by atoms with van der Waals surface area (Å²) in [6.45, 7) is 5.19. The second kappa shape index (κ2) is 10.6. The number of unbranched alkanes of at least 4 members (excludes halogenated alkanes) is 1. The van der Waals surface area contributed by atoms with Gasteiger partial charge in [0, 0.05) is 37.0 Å². The summed E-state index contributed by atoms with van der Waals surface area (Å²) in [5.41, 5.74) is -2.53. The molecule has 40 heavy (non-hydrogen) atoms. The van der Waals surface area contributed by atoms with E-state index in [0.29, 0.717) is 18.9 Å². The average Bonchev–Trinajstić information content (AvgIpc) is 3.13. The molecule has 2 bridgehead atoms. The first-order valence-corrected chi connectivity index (χ1v) is 13.4. The van der Waals surface area contributed by atoms with Crippen molar-refractivity contribution in [2.45, 2.75) is 76.9 Å². The molecule has 1 fully saturated rings. The summed E-state index contributed by atoms with van der Waals surface area (Å²) in [5.74, 6) is -3.24. The Labute approximate surface area is 228 Å². The highest BCUT2D eigenvalue weighted by molar-refractivity contribution is 5.99. The van der Waals surface area contributed by atoms with E-state index in [-0.39, 0.29) is 60.4 Å².